The Balaban J connectivity index is 1.03. The molecule has 0 radical (unpaired) electrons. The average molecular weight is 726 g/mol. The number of hydrogen-bond acceptors (Lipinski definition) is 3. The summed E-state index contributed by atoms with van der Waals surface area (Å²) in [6.45, 7) is 0. The molecule has 1 aliphatic carbocycles. The molecular weight excluding hydrogens is 691 g/mol. The Kier molecular flexibility index (Phi) is 8.43. The van der Waals surface area contributed by atoms with Crippen LogP contribution in [0.4, 0.5) is 0 Å². The fourth-order valence-electron chi connectivity index (χ4n) is 8.49. The summed E-state index contributed by atoms with van der Waals surface area (Å²) in [7, 11) is 0. The zero-order valence-electron chi connectivity index (χ0n) is 31.0. The lowest BCUT2D eigenvalue weighted by Gasteiger charge is -2.34. The van der Waals surface area contributed by atoms with E-state index >= 15 is 0 Å². The molecule has 1 aromatic heterocycles. The van der Waals surface area contributed by atoms with Crippen LogP contribution in [-0.2, 0) is 5.41 Å². The molecule has 0 bridgehead atoms. The minimum Gasteiger partial charge on any atom is -0.228 e. The van der Waals surface area contributed by atoms with E-state index in [2.05, 4.69) is 158 Å². The molecule has 3 heteroatoms. The van der Waals surface area contributed by atoms with Crippen LogP contribution in [0.5, 0.6) is 0 Å². The van der Waals surface area contributed by atoms with Gasteiger partial charge in [-0.15, -0.1) is 0 Å². The van der Waals surface area contributed by atoms with Gasteiger partial charge in [0.2, 0.25) is 0 Å². The van der Waals surface area contributed by atoms with E-state index in [1.807, 2.05) is 60.7 Å². The molecule has 57 heavy (non-hydrogen) atoms. The predicted molar refractivity (Wildman–Crippen MR) is 231 cm³/mol. The molecule has 1 aliphatic rings. The lowest BCUT2D eigenvalue weighted by Crippen LogP contribution is -2.28. The first-order chi connectivity index (χ1) is 28.2. The standard InChI is InChI=1S/C54H35N3/c55-36-37-19-21-38(22-20-37)40-27-31-45(32-28-40)54(49-17-9-7-15-47(49)48-16-8-10-18-50(48)54)46-33-29-41(30-34-46)39-23-25-44(26-24-39)53-56-51(42-11-3-1-4-12-42)35-52(57-53)43-13-5-2-6-14-43/h1-35H. The van der Waals surface area contributed by atoms with Crippen molar-refractivity contribution in [2.75, 3.05) is 0 Å². The molecule has 9 aromatic rings. The van der Waals surface area contributed by atoms with Gasteiger partial charge in [-0.1, -0.05) is 194 Å². The lowest BCUT2D eigenvalue weighted by molar-refractivity contribution is 0.769. The second-order valence-corrected chi connectivity index (χ2v) is 14.5. The topological polar surface area (TPSA) is 49.6 Å². The van der Waals surface area contributed by atoms with E-state index in [1.54, 1.807) is 0 Å². The van der Waals surface area contributed by atoms with Gasteiger partial charge in [0.1, 0.15) is 0 Å². The number of fused-ring (bicyclic) bond motifs is 3. The van der Waals surface area contributed by atoms with E-state index in [4.69, 9.17) is 9.97 Å². The summed E-state index contributed by atoms with van der Waals surface area (Å²) in [6.07, 6.45) is 0. The molecule has 10 rings (SSSR count). The zero-order valence-corrected chi connectivity index (χ0v) is 31.0. The Morgan fingerprint density at radius 3 is 1.16 bits per heavy atom. The van der Waals surface area contributed by atoms with Gasteiger partial charge in [0.15, 0.2) is 5.82 Å². The van der Waals surface area contributed by atoms with E-state index < -0.39 is 5.41 Å². The predicted octanol–water partition coefficient (Wildman–Crippen LogP) is 13.0. The average Bonchev–Trinajstić information content (AvgIpc) is 3.61. The molecule has 266 valence electrons. The molecule has 0 atom stereocenters. The van der Waals surface area contributed by atoms with Crippen molar-refractivity contribution < 1.29 is 0 Å². The number of aromatic nitrogens is 2. The van der Waals surface area contributed by atoms with Gasteiger partial charge >= 0.3 is 0 Å². The Bertz CT molecular complexity index is 2810. The van der Waals surface area contributed by atoms with Gasteiger partial charge in [0, 0.05) is 16.7 Å². The first kappa shape index (κ1) is 33.9. The van der Waals surface area contributed by atoms with Crippen molar-refractivity contribution in [1.82, 2.24) is 9.97 Å². The maximum Gasteiger partial charge on any atom is 0.160 e. The van der Waals surface area contributed by atoms with Crippen molar-refractivity contribution in [3.05, 3.63) is 240 Å². The molecular formula is C54H35N3. The number of rotatable bonds is 7. The Hall–Kier alpha value is -7.67. The van der Waals surface area contributed by atoms with Crippen molar-refractivity contribution in [3.8, 4) is 73.4 Å². The number of hydrogen-bond donors (Lipinski definition) is 0. The third-order valence-electron chi connectivity index (χ3n) is 11.3. The third kappa shape index (κ3) is 5.92. The molecule has 0 amide bonds. The van der Waals surface area contributed by atoms with Crippen LogP contribution >= 0.6 is 0 Å². The van der Waals surface area contributed by atoms with E-state index in [-0.39, 0.29) is 0 Å². The van der Waals surface area contributed by atoms with Crippen LogP contribution in [0.25, 0.3) is 67.3 Å². The molecule has 0 saturated carbocycles. The summed E-state index contributed by atoms with van der Waals surface area (Å²) in [5, 5.41) is 9.32. The highest BCUT2D eigenvalue weighted by atomic mass is 14.9. The monoisotopic (exact) mass is 725 g/mol. The van der Waals surface area contributed by atoms with Gasteiger partial charge < -0.3 is 0 Å². The second kappa shape index (κ2) is 14.2. The zero-order chi connectivity index (χ0) is 38.2. The summed E-state index contributed by atoms with van der Waals surface area (Å²) in [5.41, 5.74) is 17.0. The largest absolute Gasteiger partial charge is 0.228 e. The SMILES string of the molecule is N#Cc1ccc(-c2ccc(C3(c4ccc(-c5ccc(-c6nc(-c7ccccc7)cc(-c7ccccc7)n6)cc5)cc4)c4ccccc4-c4ccccc43)cc2)cc1. The third-order valence-corrected chi connectivity index (χ3v) is 11.3. The smallest absolute Gasteiger partial charge is 0.160 e. The van der Waals surface area contributed by atoms with Crippen molar-refractivity contribution in [2.24, 2.45) is 0 Å². The minimum absolute atomic E-state index is 0.504. The van der Waals surface area contributed by atoms with Gasteiger partial charge in [-0.25, -0.2) is 9.97 Å². The summed E-state index contributed by atoms with van der Waals surface area (Å²) >= 11 is 0. The second-order valence-electron chi connectivity index (χ2n) is 14.5. The summed E-state index contributed by atoms with van der Waals surface area (Å²) in [5.74, 6) is 0.697. The van der Waals surface area contributed by atoms with Crippen molar-refractivity contribution in [1.29, 1.82) is 5.26 Å². The Morgan fingerprint density at radius 2 is 0.719 bits per heavy atom. The quantitative estimate of drug-likeness (QED) is 0.164. The van der Waals surface area contributed by atoms with Crippen LogP contribution in [0.15, 0.2) is 212 Å². The first-order valence-corrected chi connectivity index (χ1v) is 19.2. The van der Waals surface area contributed by atoms with Crippen LogP contribution in [0.1, 0.15) is 27.8 Å². The normalized spacial score (nSPS) is 12.3. The van der Waals surface area contributed by atoms with Crippen LogP contribution in [0.3, 0.4) is 0 Å². The molecule has 0 aliphatic heterocycles. The van der Waals surface area contributed by atoms with Crippen LogP contribution in [-0.4, -0.2) is 9.97 Å². The van der Waals surface area contributed by atoms with Crippen LogP contribution < -0.4 is 0 Å². The Morgan fingerprint density at radius 1 is 0.351 bits per heavy atom. The van der Waals surface area contributed by atoms with E-state index in [9.17, 15) is 5.26 Å². The summed E-state index contributed by atoms with van der Waals surface area (Å²) in [6, 6.07) is 77.0. The van der Waals surface area contributed by atoms with Gasteiger partial charge in [-0.2, -0.15) is 5.26 Å². The lowest BCUT2D eigenvalue weighted by atomic mass is 9.67. The fraction of sp³-hybridized carbons (Fsp3) is 0.0185. The van der Waals surface area contributed by atoms with Crippen molar-refractivity contribution >= 4 is 0 Å². The van der Waals surface area contributed by atoms with Gasteiger partial charge in [-0.3, -0.25) is 0 Å². The highest BCUT2D eigenvalue weighted by molar-refractivity contribution is 5.87. The molecule has 0 fully saturated rings. The molecule has 3 nitrogen and oxygen atoms in total. The molecule has 8 aromatic carbocycles. The molecule has 0 unspecified atom stereocenters. The van der Waals surface area contributed by atoms with Gasteiger partial charge in [0.25, 0.3) is 0 Å². The number of nitrogens with zero attached hydrogens (tertiary/aromatic N) is 3. The van der Waals surface area contributed by atoms with Crippen LogP contribution in [0, 0.1) is 11.3 Å². The molecule has 0 spiro atoms. The number of benzene rings is 8. The molecule has 1 heterocycles. The van der Waals surface area contributed by atoms with E-state index in [0.29, 0.717) is 11.4 Å². The van der Waals surface area contributed by atoms with E-state index in [0.717, 1.165) is 50.3 Å². The summed E-state index contributed by atoms with van der Waals surface area (Å²) in [4.78, 5) is 10.1. The van der Waals surface area contributed by atoms with Crippen molar-refractivity contribution in [3.63, 3.8) is 0 Å². The van der Waals surface area contributed by atoms with Gasteiger partial charge in [-0.05, 0) is 73.8 Å². The van der Waals surface area contributed by atoms with Gasteiger partial charge in [0.05, 0.1) is 28.4 Å². The highest BCUT2D eigenvalue weighted by Crippen LogP contribution is 2.56. The maximum atomic E-state index is 9.32. The van der Waals surface area contributed by atoms with E-state index in [1.165, 1.54) is 33.4 Å². The van der Waals surface area contributed by atoms with Crippen molar-refractivity contribution in [2.45, 2.75) is 5.41 Å². The maximum absolute atomic E-state index is 9.32. The molecule has 0 N–H and O–H groups in total. The summed E-state index contributed by atoms with van der Waals surface area (Å²) < 4.78 is 0. The molecule has 0 saturated heterocycles. The first-order valence-electron chi connectivity index (χ1n) is 19.2. The number of nitriles is 1. The fourth-order valence-corrected chi connectivity index (χ4v) is 8.49. The van der Waals surface area contributed by atoms with Crippen LogP contribution in [0.2, 0.25) is 0 Å². The minimum atomic E-state index is -0.504. The Labute approximate surface area is 332 Å². The highest BCUT2D eigenvalue weighted by Gasteiger charge is 2.45.